The van der Waals surface area contributed by atoms with Gasteiger partial charge < -0.3 is 20.8 Å². The third-order valence-electron chi connectivity index (χ3n) is 5.38. The minimum atomic E-state index is -1.45. The average Bonchev–Trinajstić information content (AvgIpc) is 2.78. The van der Waals surface area contributed by atoms with E-state index in [1.807, 2.05) is 31.2 Å². The summed E-state index contributed by atoms with van der Waals surface area (Å²) in [6, 6.07) is 16.9. The molecule has 0 bridgehead atoms. The van der Waals surface area contributed by atoms with Gasteiger partial charge in [-0.25, -0.2) is 8.78 Å². The predicted octanol–water partition coefficient (Wildman–Crippen LogP) is 3.79. The van der Waals surface area contributed by atoms with E-state index >= 15 is 0 Å². The molecule has 3 unspecified atom stereocenters. The van der Waals surface area contributed by atoms with E-state index in [1.165, 1.54) is 0 Å². The van der Waals surface area contributed by atoms with Crippen LogP contribution in [0.5, 0.6) is 0 Å². The molecular weight excluding hydrogens is 553 g/mol. The third-order valence-corrected chi connectivity index (χ3v) is 6.05. The minimum Gasteiger partial charge on any atom is -0.390 e. The van der Waals surface area contributed by atoms with Gasteiger partial charge in [-0.2, -0.15) is 0 Å². The number of aliphatic hydroxyl groups is 2. The number of amides is 1. The Morgan fingerprint density at radius 2 is 1.65 bits per heavy atom. The highest BCUT2D eigenvalue weighted by Crippen LogP contribution is 2.16. The molecule has 0 aliphatic rings. The zero-order valence-corrected chi connectivity index (χ0v) is 20.8. The van der Waals surface area contributed by atoms with E-state index in [0.717, 1.165) is 32.9 Å². The van der Waals surface area contributed by atoms with Crippen LogP contribution in [0, 0.1) is 22.1 Å². The van der Waals surface area contributed by atoms with Crippen LogP contribution in [0.2, 0.25) is 0 Å². The van der Waals surface area contributed by atoms with Crippen LogP contribution in [0.15, 0.2) is 66.7 Å². The van der Waals surface area contributed by atoms with Crippen molar-refractivity contribution in [2.45, 2.75) is 38.1 Å². The molecule has 0 aromatic heterocycles. The van der Waals surface area contributed by atoms with Crippen LogP contribution in [0.1, 0.15) is 28.4 Å². The molecule has 0 fully saturated rings. The molecular formula is C26H27F2IN2O3. The van der Waals surface area contributed by atoms with E-state index in [2.05, 4.69) is 33.2 Å². The van der Waals surface area contributed by atoms with Crippen molar-refractivity contribution in [3.63, 3.8) is 0 Å². The first-order chi connectivity index (χ1) is 16.2. The summed E-state index contributed by atoms with van der Waals surface area (Å²) in [7, 11) is 0. The van der Waals surface area contributed by atoms with Gasteiger partial charge in [0.25, 0.3) is 5.91 Å². The lowest BCUT2D eigenvalue weighted by atomic mass is 9.99. The summed E-state index contributed by atoms with van der Waals surface area (Å²) >= 11 is 2.21. The molecule has 3 aromatic rings. The number of halogens is 3. The second kappa shape index (κ2) is 12.3. The van der Waals surface area contributed by atoms with Gasteiger partial charge in [0.2, 0.25) is 0 Å². The van der Waals surface area contributed by atoms with Gasteiger partial charge in [0, 0.05) is 22.7 Å². The molecule has 0 radical (unpaired) electrons. The van der Waals surface area contributed by atoms with Crippen molar-refractivity contribution < 1.29 is 23.8 Å². The van der Waals surface area contributed by atoms with Crippen LogP contribution in [-0.4, -0.2) is 34.8 Å². The molecule has 0 aliphatic carbocycles. The summed E-state index contributed by atoms with van der Waals surface area (Å²) in [6.45, 7) is 2.51. The van der Waals surface area contributed by atoms with E-state index in [0.29, 0.717) is 12.1 Å². The molecule has 4 N–H and O–H groups in total. The lowest BCUT2D eigenvalue weighted by Gasteiger charge is -2.26. The van der Waals surface area contributed by atoms with E-state index in [-0.39, 0.29) is 18.5 Å². The molecule has 3 aromatic carbocycles. The SMILES string of the molecule is Cc1ccc(C(O)C(=O)NC(Cc2cc(F)cc(F)c2)C(O)CNCc2cccc(I)c2)cc1. The number of carbonyl (C=O) groups excluding carboxylic acids is 1. The van der Waals surface area contributed by atoms with Crippen LogP contribution in [0.25, 0.3) is 0 Å². The average molecular weight is 580 g/mol. The smallest absolute Gasteiger partial charge is 0.253 e. The summed E-state index contributed by atoms with van der Waals surface area (Å²) in [6.07, 6.45) is -2.55. The summed E-state index contributed by atoms with van der Waals surface area (Å²) in [5.74, 6) is -2.19. The van der Waals surface area contributed by atoms with E-state index in [9.17, 15) is 23.8 Å². The third kappa shape index (κ3) is 7.83. The second-order valence-corrected chi connectivity index (χ2v) is 9.48. The number of aryl methyl sites for hydroxylation is 1. The first-order valence-corrected chi connectivity index (χ1v) is 11.9. The zero-order chi connectivity index (χ0) is 24.7. The molecule has 0 spiro atoms. The Kier molecular flexibility index (Phi) is 9.52. The first kappa shape index (κ1) is 26.2. The zero-order valence-electron chi connectivity index (χ0n) is 18.6. The maximum atomic E-state index is 13.7. The second-order valence-electron chi connectivity index (χ2n) is 8.24. The van der Waals surface area contributed by atoms with E-state index < -0.39 is 35.8 Å². The molecule has 0 saturated carbocycles. The highest BCUT2D eigenvalue weighted by Gasteiger charge is 2.26. The fraction of sp³-hybridized carbons (Fsp3) is 0.269. The van der Waals surface area contributed by atoms with Crippen molar-refractivity contribution in [3.8, 4) is 0 Å². The van der Waals surface area contributed by atoms with Crippen molar-refractivity contribution in [2.75, 3.05) is 6.54 Å². The highest BCUT2D eigenvalue weighted by atomic mass is 127. The van der Waals surface area contributed by atoms with Gasteiger partial charge in [0.15, 0.2) is 6.10 Å². The molecule has 3 atom stereocenters. The number of hydrogen-bond acceptors (Lipinski definition) is 4. The van der Waals surface area contributed by atoms with Gasteiger partial charge in [-0.05, 0) is 76.9 Å². The van der Waals surface area contributed by atoms with Crippen LogP contribution in [0.3, 0.4) is 0 Å². The van der Waals surface area contributed by atoms with E-state index in [4.69, 9.17) is 0 Å². The molecule has 5 nitrogen and oxygen atoms in total. The van der Waals surface area contributed by atoms with E-state index in [1.54, 1.807) is 24.3 Å². The van der Waals surface area contributed by atoms with Crippen molar-refractivity contribution in [2.24, 2.45) is 0 Å². The molecule has 0 heterocycles. The standard InChI is InChI=1S/C26H27F2IN2O3/c1-16-5-7-19(8-6-16)25(33)26(34)31-23(12-18-9-20(27)13-21(28)10-18)24(32)15-30-14-17-3-2-4-22(29)11-17/h2-11,13,23-25,30,32-33H,12,14-15H2,1H3,(H,31,34). The van der Waals surface area contributed by atoms with Crippen LogP contribution in [0.4, 0.5) is 8.78 Å². The predicted molar refractivity (Wildman–Crippen MR) is 135 cm³/mol. The van der Waals surface area contributed by atoms with Gasteiger partial charge >= 0.3 is 0 Å². The Hall–Kier alpha value is -2.40. The van der Waals surface area contributed by atoms with Crippen molar-refractivity contribution in [3.05, 3.63) is 104 Å². The molecule has 1 amide bonds. The molecule has 8 heteroatoms. The van der Waals surface area contributed by atoms with Crippen LogP contribution in [-0.2, 0) is 17.8 Å². The van der Waals surface area contributed by atoms with Gasteiger partial charge in [0.05, 0.1) is 12.1 Å². The monoisotopic (exact) mass is 580 g/mol. The number of rotatable bonds is 10. The number of aliphatic hydroxyl groups excluding tert-OH is 2. The molecule has 3 rings (SSSR count). The minimum absolute atomic E-state index is 0.0207. The summed E-state index contributed by atoms with van der Waals surface area (Å²) in [5.41, 5.74) is 2.70. The summed E-state index contributed by atoms with van der Waals surface area (Å²) in [5, 5.41) is 27.1. The van der Waals surface area contributed by atoms with Crippen molar-refractivity contribution in [1.29, 1.82) is 0 Å². The molecule has 0 saturated heterocycles. The van der Waals surface area contributed by atoms with Crippen molar-refractivity contribution in [1.82, 2.24) is 10.6 Å². The quantitative estimate of drug-likeness (QED) is 0.275. The Morgan fingerprint density at radius 1 is 0.971 bits per heavy atom. The maximum absolute atomic E-state index is 13.7. The highest BCUT2D eigenvalue weighted by molar-refractivity contribution is 14.1. The molecule has 0 aliphatic heterocycles. The fourth-order valence-electron chi connectivity index (χ4n) is 3.58. The lowest BCUT2D eigenvalue weighted by Crippen LogP contribution is -2.50. The Bertz CT molecular complexity index is 1090. The van der Waals surface area contributed by atoms with Crippen molar-refractivity contribution >= 4 is 28.5 Å². The summed E-state index contributed by atoms with van der Waals surface area (Å²) in [4.78, 5) is 12.8. The molecule has 34 heavy (non-hydrogen) atoms. The van der Waals surface area contributed by atoms with Crippen LogP contribution < -0.4 is 10.6 Å². The number of nitrogens with one attached hydrogen (secondary N) is 2. The maximum Gasteiger partial charge on any atom is 0.253 e. The fourth-order valence-corrected chi connectivity index (χ4v) is 4.19. The van der Waals surface area contributed by atoms with Crippen LogP contribution >= 0.6 is 22.6 Å². The first-order valence-electron chi connectivity index (χ1n) is 10.8. The largest absolute Gasteiger partial charge is 0.390 e. The topological polar surface area (TPSA) is 81.6 Å². The Labute approximate surface area is 211 Å². The normalized spacial score (nSPS) is 13.8. The lowest BCUT2D eigenvalue weighted by molar-refractivity contribution is -0.131. The van der Waals surface area contributed by atoms with Gasteiger partial charge in [-0.15, -0.1) is 0 Å². The number of hydrogen-bond donors (Lipinski definition) is 4. The Balaban J connectivity index is 1.70. The number of carbonyl (C=O) groups is 1. The van der Waals surface area contributed by atoms with Gasteiger partial charge in [-0.3, -0.25) is 4.79 Å². The van der Waals surface area contributed by atoms with Gasteiger partial charge in [0.1, 0.15) is 11.6 Å². The van der Waals surface area contributed by atoms with Gasteiger partial charge in [-0.1, -0.05) is 42.0 Å². The number of benzene rings is 3. The Morgan fingerprint density at radius 3 is 2.29 bits per heavy atom. The summed E-state index contributed by atoms with van der Waals surface area (Å²) < 4.78 is 28.5. The molecule has 180 valence electrons.